The standard InChI is InChI=1S/C27H35N7O4Si/c1-8-38-27(35)19-13-21-24(23(15-19)36-4)33(3)26(30-21)22-14-18-9-10-20(17(2)31-32-28)29-25(18)34(22)16-37-11-12-39(5,6)7/h9-10,13-15,17H,8,11-12,16H2,1-7H3. The molecule has 0 saturated heterocycles. The second-order valence-corrected chi connectivity index (χ2v) is 16.2. The number of hydrogen-bond donors (Lipinski definition) is 0. The van der Waals surface area contributed by atoms with Gasteiger partial charge < -0.3 is 18.8 Å². The summed E-state index contributed by atoms with van der Waals surface area (Å²) in [5.74, 6) is 0.760. The van der Waals surface area contributed by atoms with E-state index in [0.29, 0.717) is 40.6 Å². The number of hydrogen-bond acceptors (Lipinski definition) is 7. The normalized spacial score (nSPS) is 12.5. The van der Waals surface area contributed by atoms with E-state index in [4.69, 9.17) is 29.7 Å². The van der Waals surface area contributed by atoms with Gasteiger partial charge in [0.2, 0.25) is 0 Å². The minimum atomic E-state index is -1.27. The van der Waals surface area contributed by atoms with Crippen LogP contribution in [0.25, 0.3) is 44.0 Å². The van der Waals surface area contributed by atoms with E-state index in [1.807, 2.05) is 41.3 Å². The van der Waals surface area contributed by atoms with Gasteiger partial charge in [-0.2, -0.15) is 0 Å². The average Bonchev–Trinajstić information content (AvgIpc) is 3.42. The zero-order valence-electron chi connectivity index (χ0n) is 23.6. The highest BCUT2D eigenvalue weighted by molar-refractivity contribution is 6.76. The van der Waals surface area contributed by atoms with Gasteiger partial charge in [0.05, 0.1) is 42.2 Å². The fourth-order valence-corrected chi connectivity index (χ4v) is 5.15. The van der Waals surface area contributed by atoms with E-state index in [-0.39, 0.29) is 13.3 Å². The predicted molar refractivity (Wildman–Crippen MR) is 154 cm³/mol. The largest absolute Gasteiger partial charge is 0.494 e. The Morgan fingerprint density at radius 1 is 1.21 bits per heavy atom. The molecule has 0 radical (unpaired) electrons. The highest BCUT2D eigenvalue weighted by atomic mass is 28.3. The summed E-state index contributed by atoms with van der Waals surface area (Å²) >= 11 is 0. The number of aryl methyl sites for hydroxylation is 1. The van der Waals surface area contributed by atoms with Gasteiger partial charge in [0.1, 0.15) is 23.6 Å². The first-order valence-electron chi connectivity index (χ1n) is 12.9. The van der Waals surface area contributed by atoms with Crippen molar-refractivity contribution in [2.24, 2.45) is 12.2 Å². The number of benzene rings is 1. The first-order chi connectivity index (χ1) is 18.6. The molecular weight excluding hydrogens is 514 g/mol. The number of carbonyl (C=O) groups is 1. The number of carbonyl (C=O) groups excluding carboxylic acids is 1. The molecule has 12 heteroatoms. The van der Waals surface area contributed by atoms with Crippen LogP contribution in [-0.4, -0.2) is 53.5 Å². The molecule has 0 saturated carbocycles. The molecule has 0 aliphatic rings. The van der Waals surface area contributed by atoms with Crippen LogP contribution in [0.5, 0.6) is 5.75 Å². The Labute approximate surface area is 228 Å². The van der Waals surface area contributed by atoms with Crippen LogP contribution in [-0.2, 0) is 23.3 Å². The summed E-state index contributed by atoms with van der Waals surface area (Å²) in [6, 6.07) is 9.86. The molecule has 3 aromatic heterocycles. The molecule has 4 rings (SSSR count). The molecule has 206 valence electrons. The van der Waals surface area contributed by atoms with E-state index in [9.17, 15) is 4.79 Å². The summed E-state index contributed by atoms with van der Waals surface area (Å²) in [4.78, 5) is 25.2. The molecule has 0 spiro atoms. The lowest BCUT2D eigenvalue weighted by Crippen LogP contribution is -2.22. The number of rotatable bonds is 11. The van der Waals surface area contributed by atoms with Crippen LogP contribution in [0, 0.1) is 0 Å². The molecule has 0 N–H and O–H groups in total. The van der Waals surface area contributed by atoms with Crippen molar-refractivity contribution >= 4 is 36.1 Å². The van der Waals surface area contributed by atoms with Crippen molar-refractivity contribution in [3.05, 3.63) is 52.0 Å². The SMILES string of the molecule is CCOC(=O)c1cc(OC)c2c(c1)nc(-c1cc3ccc(C(C)N=[N+]=[N-])nc3n1COCC[Si](C)(C)C)n2C. The maximum Gasteiger partial charge on any atom is 0.338 e. The molecular formula is C27H35N7O4Si. The topological polar surface area (TPSA) is 129 Å². The Morgan fingerprint density at radius 2 is 1.97 bits per heavy atom. The summed E-state index contributed by atoms with van der Waals surface area (Å²) in [6.45, 7) is 11.7. The number of imidazole rings is 1. The molecule has 0 amide bonds. The molecule has 4 aromatic rings. The van der Waals surface area contributed by atoms with Crippen LogP contribution >= 0.6 is 0 Å². The Morgan fingerprint density at radius 3 is 2.64 bits per heavy atom. The van der Waals surface area contributed by atoms with E-state index in [0.717, 1.165) is 22.6 Å². The van der Waals surface area contributed by atoms with Gasteiger partial charge in [0.15, 0.2) is 5.82 Å². The number of fused-ring (bicyclic) bond motifs is 2. The average molecular weight is 550 g/mol. The van der Waals surface area contributed by atoms with Gasteiger partial charge in [-0.25, -0.2) is 14.8 Å². The van der Waals surface area contributed by atoms with Gasteiger partial charge in [0.25, 0.3) is 0 Å². The molecule has 0 aliphatic heterocycles. The Kier molecular flexibility index (Phi) is 8.29. The molecule has 1 atom stereocenters. The van der Waals surface area contributed by atoms with E-state index < -0.39 is 20.1 Å². The third kappa shape index (κ3) is 5.93. The zero-order valence-corrected chi connectivity index (χ0v) is 24.6. The minimum absolute atomic E-state index is 0.276. The summed E-state index contributed by atoms with van der Waals surface area (Å²) in [7, 11) is 2.21. The van der Waals surface area contributed by atoms with Gasteiger partial charge >= 0.3 is 5.97 Å². The Hall–Kier alpha value is -3.86. The molecule has 0 fully saturated rings. The zero-order chi connectivity index (χ0) is 28.3. The van der Waals surface area contributed by atoms with Crippen LogP contribution in [0.15, 0.2) is 35.4 Å². The van der Waals surface area contributed by atoms with Crippen LogP contribution in [0.4, 0.5) is 0 Å². The second kappa shape index (κ2) is 11.5. The van der Waals surface area contributed by atoms with Crippen molar-refractivity contribution < 1.29 is 19.0 Å². The number of pyridine rings is 1. The molecule has 3 heterocycles. The monoisotopic (exact) mass is 549 g/mol. The number of methoxy groups -OCH3 is 1. The number of aromatic nitrogens is 4. The van der Waals surface area contributed by atoms with Crippen molar-refractivity contribution in [2.75, 3.05) is 20.3 Å². The predicted octanol–water partition coefficient (Wildman–Crippen LogP) is 6.46. The van der Waals surface area contributed by atoms with Crippen LogP contribution in [0.3, 0.4) is 0 Å². The van der Waals surface area contributed by atoms with E-state index in [1.165, 1.54) is 0 Å². The smallest absolute Gasteiger partial charge is 0.338 e. The van der Waals surface area contributed by atoms with E-state index >= 15 is 0 Å². The highest BCUT2D eigenvalue weighted by Crippen LogP contribution is 2.34. The van der Waals surface area contributed by atoms with Crippen molar-refractivity contribution in [1.82, 2.24) is 19.1 Å². The fourth-order valence-electron chi connectivity index (χ4n) is 4.39. The lowest BCUT2D eigenvalue weighted by Gasteiger charge is -2.17. The highest BCUT2D eigenvalue weighted by Gasteiger charge is 2.22. The third-order valence-corrected chi connectivity index (χ3v) is 8.23. The van der Waals surface area contributed by atoms with Gasteiger partial charge in [-0.1, -0.05) is 31.7 Å². The van der Waals surface area contributed by atoms with Crippen LogP contribution in [0.1, 0.15) is 35.9 Å². The number of esters is 1. The lowest BCUT2D eigenvalue weighted by molar-refractivity contribution is 0.0526. The maximum atomic E-state index is 12.5. The van der Waals surface area contributed by atoms with Gasteiger partial charge in [-0.05, 0) is 48.8 Å². The number of ether oxygens (including phenoxy) is 3. The van der Waals surface area contributed by atoms with E-state index in [1.54, 1.807) is 26.2 Å². The summed E-state index contributed by atoms with van der Waals surface area (Å²) in [5.41, 5.74) is 12.8. The lowest BCUT2D eigenvalue weighted by atomic mass is 10.2. The summed E-state index contributed by atoms with van der Waals surface area (Å²) in [5, 5.41) is 4.71. The van der Waals surface area contributed by atoms with Crippen molar-refractivity contribution in [3.63, 3.8) is 0 Å². The van der Waals surface area contributed by atoms with Gasteiger partial charge in [0, 0.05) is 32.0 Å². The summed E-state index contributed by atoms with van der Waals surface area (Å²) < 4.78 is 20.9. The Bertz CT molecular complexity index is 1560. The molecule has 39 heavy (non-hydrogen) atoms. The number of nitrogens with zero attached hydrogens (tertiary/aromatic N) is 7. The van der Waals surface area contributed by atoms with E-state index in [2.05, 4.69) is 29.7 Å². The van der Waals surface area contributed by atoms with Crippen molar-refractivity contribution in [1.29, 1.82) is 0 Å². The van der Waals surface area contributed by atoms with Crippen LogP contribution < -0.4 is 4.74 Å². The molecule has 0 bridgehead atoms. The van der Waals surface area contributed by atoms with Gasteiger partial charge in [-0.3, -0.25) is 4.57 Å². The third-order valence-electron chi connectivity index (χ3n) is 6.53. The van der Waals surface area contributed by atoms with Crippen LogP contribution in [0.2, 0.25) is 25.7 Å². The maximum absolute atomic E-state index is 12.5. The second-order valence-electron chi connectivity index (χ2n) is 10.6. The fraction of sp³-hybridized carbons (Fsp3) is 0.444. The first-order valence-corrected chi connectivity index (χ1v) is 16.6. The quantitative estimate of drug-likeness (QED) is 0.0527. The Balaban J connectivity index is 1.87. The molecule has 0 aliphatic carbocycles. The molecule has 11 nitrogen and oxygen atoms in total. The molecule has 1 aromatic carbocycles. The molecule has 1 unspecified atom stereocenters. The van der Waals surface area contributed by atoms with Crippen molar-refractivity contribution in [3.8, 4) is 17.3 Å². The van der Waals surface area contributed by atoms with Crippen molar-refractivity contribution in [2.45, 2.75) is 52.3 Å². The minimum Gasteiger partial charge on any atom is -0.494 e. The first kappa shape index (κ1) is 28.2. The summed E-state index contributed by atoms with van der Waals surface area (Å²) in [6.07, 6.45) is 0. The van der Waals surface area contributed by atoms with Gasteiger partial charge in [-0.15, -0.1) is 0 Å². The number of azide groups is 1.